The van der Waals surface area contributed by atoms with Gasteiger partial charge >= 0.3 is 6.03 Å². The fraction of sp³-hybridized carbons (Fsp3) is 0.353. The van der Waals surface area contributed by atoms with E-state index in [2.05, 4.69) is 30.8 Å². The van der Waals surface area contributed by atoms with E-state index in [0.29, 0.717) is 32.1 Å². The van der Waals surface area contributed by atoms with Crippen LogP contribution in [0.2, 0.25) is 0 Å². The topological polar surface area (TPSA) is 91.4 Å². The third-order valence-electron chi connectivity index (χ3n) is 3.82. The van der Waals surface area contributed by atoms with Crippen LogP contribution in [0, 0.1) is 11.6 Å². The Bertz CT molecular complexity index is 766. The van der Waals surface area contributed by atoms with Gasteiger partial charge in [-0.3, -0.25) is 0 Å². The largest absolute Gasteiger partial charge is 0.378 e. The van der Waals surface area contributed by atoms with Gasteiger partial charge in [-0.25, -0.2) is 23.5 Å². The van der Waals surface area contributed by atoms with Gasteiger partial charge in [0.05, 0.1) is 13.2 Å². The second-order valence-corrected chi connectivity index (χ2v) is 5.83. The van der Waals surface area contributed by atoms with Crippen LogP contribution in [0.15, 0.2) is 30.6 Å². The lowest BCUT2D eigenvalue weighted by Gasteiger charge is -2.27. The predicted molar refractivity (Wildman–Crippen MR) is 96.9 cm³/mol. The lowest BCUT2D eigenvalue weighted by atomic mass is 10.3. The van der Waals surface area contributed by atoms with E-state index < -0.39 is 17.7 Å². The van der Waals surface area contributed by atoms with E-state index in [4.69, 9.17) is 4.74 Å². The third-order valence-corrected chi connectivity index (χ3v) is 3.82. The summed E-state index contributed by atoms with van der Waals surface area (Å²) < 4.78 is 31.5. The highest BCUT2D eigenvalue weighted by atomic mass is 19.1. The van der Waals surface area contributed by atoms with Crippen LogP contribution in [0.1, 0.15) is 0 Å². The average molecular weight is 378 g/mol. The Kier molecular flexibility index (Phi) is 6.31. The van der Waals surface area contributed by atoms with E-state index in [9.17, 15) is 13.6 Å². The molecule has 1 fully saturated rings. The summed E-state index contributed by atoms with van der Waals surface area (Å²) in [5, 5.41) is 8.05. The van der Waals surface area contributed by atoms with E-state index in [-0.39, 0.29) is 5.69 Å². The number of amides is 2. The molecule has 0 aliphatic carbocycles. The summed E-state index contributed by atoms with van der Waals surface area (Å²) in [6.45, 7) is 3.60. The smallest absolute Gasteiger partial charge is 0.319 e. The number of aromatic nitrogens is 2. The first-order valence-corrected chi connectivity index (χ1v) is 8.50. The van der Waals surface area contributed by atoms with Crippen LogP contribution in [0.25, 0.3) is 0 Å². The summed E-state index contributed by atoms with van der Waals surface area (Å²) in [5.41, 5.74) is 0.0453. The Labute approximate surface area is 154 Å². The zero-order valence-electron chi connectivity index (χ0n) is 14.5. The lowest BCUT2D eigenvalue weighted by Crippen LogP contribution is -2.36. The van der Waals surface area contributed by atoms with Gasteiger partial charge in [-0.2, -0.15) is 0 Å². The number of anilines is 3. The van der Waals surface area contributed by atoms with Crippen molar-refractivity contribution in [2.75, 3.05) is 54.9 Å². The molecule has 2 amide bonds. The van der Waals surface area contributed by atoms with Gasteiger partial charge in [0, 0.05) is 44.0 Å². The van der Waals surface area contributed by atoms with Gasteiger partial charge in [-0.05, 0) is 12.1 Å². The molecule has 27 heavy (non-hydrogen) atoms. The molecule has 0 saturated carbocycles. The maximum absolute atomic E-state index is 13.1. The van der Waals surface area contributed by atoms with Crippen molar-refractivity contribution in [1.29, 1.82) is 0 Å². The van der Waals surface area contributed by atoms with Gasteiger partial charge in [0.15, 0.2) is 0 Å². The van der Waals surface area contributed by atoms with Crippen molar-refractivity contribution in [3.05, 3.63) is 42.2 Å². The number of rotatable bonds is 6. The molecule has 3 N–H and O–H groups in total. The number of hydrogen-bond acceptors (Lipinski definition) is 6. The molecule has 0 atom stereocenters. The minimum Gasteiger partial charge on any atom is -0.378 e. The van der Waals surface area contributed by atoms with E-state index in [1.807, 2.05) is 6.07 Å². The van der Waals surface area contributed by atoms with Crippen molar-refractivity contribution < 1.29 is 18.3 Å². The lowest BCUT2D eigenvalue weighted by molar-refractivity contribution is 0.122. The molecule has 0 spiro atoms. The Balaban J connectivity index is 1.42. The minimum absolute atomic E-state index is 0.0453. The van der Waals surface area contributed by atoms with Crippen molar-refractivity contribution in [3.63, 3.8) is 0 Å². The van der Waals surface area contributed by atoms with Crippen LogP contribution in [-0.2, 0) is 4.74 Å². The third kappa shape index (κ3) is 5.74. The molecule has 1 aromatic carbocycles. The van der Waals surface area contributed by atoms with Crippen LogP contribution in [-0.4, -0.2) is 55.4 Å². The van der Waals surface area contributed by atoms with Gasteiger partial charge in [0.1, 0.15) is 29.6 Å². The maximum atomic E-state index is 13.1. The Morgan fingerprint density at radius 3 is 2.56 bits per heavy atom. The number of urea groups is 1. The standard InChI is InChI=1S/C17H20F2N6O2/c18-12-7-13(19)9-14(8-12)24-17(26)21-2-1-20-15-10-16(23-11-22-15)25-3-5-27-6-4-25/h7-11H,1-6H2,(H,20,22,23)(H2,21,24,26). The number of morpholine rings is 1. The zero-order valence-corrected chi connectivity index (χ0v) is 14.5. The molecule has 1 aromatic heterocycles. The average Bonchev–Trinajstić information content (AvgIpc) is 2.65. The first-order valence-electron chi connectivity index (χ1n) is 8.50. The molecule has 3 rings (SSSR count). The van der Waals surface area contributed by atoms with E-state index >= 15 is 0 Å². The van der Waals surface area contributed by atoms with Crippen LogP contribution < -0.4 is 20.9 Å². The molecule has 0 radical (unpaired) electrons. The van der Waals surface area contributed by atoms with Crippen LogP contribution in [0.4, 0.5) is 30.9 Å². The van der Waals surface area contributed by atoms with Gasteiger partial charge in [0.25, 0.3) is 0 Å². The monoisotopic (exact) mass is 378 g/mol. The minimum atomic E-state index is -0.758. The predicted octanol–water partition coefficient (Wildman–Crippen LogP) is 1.82. The summed E-state index contributed by atoms with van der Waals surface area (Å²) in [6.07, 6.45) is 1.48. The Morgan fingerprint density at radius 2 is 1.81 bits per heavy atom. The second-order valence-electron chi connectivity index (χ2n) is 5.83. The molecule has 1 aliphatic rings. The second kappa shape index (κ2) is 9.08. The number of ether oxygens (including phenoxy) is 1. The molecule has 2 aromatic rings. The van der Waals surface area contributed by atoms with Crippen LogP contribution >= 0.6 is 0 Å². The number of nitrogens with zero attached hydrogens (tertiary/aromatic N) is 3. The highest BCUT2D eigenvalue weighted by Gasteiger charge is 2.13. The van der Waals surface area contributed by atoms with E-state index in [0.717, 1.165) is 37.1 Å². The van der Waals surface area contributed by atoms with E-state index in [1.165, 1.54) is 6.33 Å². The molecular formula is C17H20F2N6O2. The van der Waals surface area contributed by atoms with Crippen molar-refractivity contribution in [3.8, 4) is 0 Å². The van der Waals surface area contributed by atoms with Crippen molar-refractivity contribution in [2.45, 2.75) is 0 Å². The molecule has 8 nitrogen and oxygen atoms in total. The molecule has 10 heteroatoms. The Hall–Kier alpha value is -3.01. The van der Waals surface area contributed by atoms with Gasteiger partial charge < -0.3 is 25.6 Å². The quantitative estimate of drug-likeness (QED) is 0.665. The van der Waals surface area contributed by atoms with Gasteiger partial charge in [0.2, 0.25) is 0 Å². The van der Waals surface area contributed by atoms with E-state index in [1.54, 1.807) is 0 Å². The zero-order chi connectivity index (χ0) is 19.1. The van der Waals surface area contributed by atoms with Crippen molar-refractivity contribution in [2.24, 2.45) is 0 Å². The number of carbonyl (C=O) groups is 1. The fourth-order valence-electron chi connectivity index (χ4n) is 2.58. The molecule has 144 valence electrons. The molecule has 1 saturated heterocycles. The molecule has 2 heterocycles. The number of carbonyl (C=O) groups excluding carboxylic acids is 1. The number of benzene rings is 1. The van der Waals surface area contributed by atoms with Crippen LogP contribution in [0.3, 0.4) is 0 Å². The molecule has 0 unspecified atom stereocenters. The van der Waals surface area contributed by atoms with Crippen molar-refractivity contribution in [1.82, 2.24) is 15.3 Å². The van der Waals surface area contributed by atoms with Gasteiger partial charge in [-0.1, -0.05) is 0 Å². The SMILES string of the molecule is O=C(NCCNc1cc(N2CCOCC2)ncn1)Nc1cc(F)cc(F)c1. The maximum Gasteiger partial charge on any atom is 0.319 e. The van der Waals surface area contributed by atoms with Gasteiger partial charge in [-0.15, -0.1) is 0 Å². The summed E-state index contributed by atoms with van der Waals surface area (Å²) in [7, 11) is 0. The number of hydrogen-bond donors (Lipinski definition) is 3. The summed E-state index contributed by atoms with van der Waals surface area (Å²) in [5.74, 6) is -0.0610. The fourth-order valence-corrected chi connectivity index (χ4v) is 2.58. The molecular weight excluding hydrogens is 358 g/mol. The number of nitrogens with one attached hydrogen (secondary N) is 3. The normalized spacial score (nSPS) is 13.9. The Morgan fingerprint density at radius 1 is 1.07 bits per heavy atom. The summed E-state index contributed by atoms with van der Waals surface area (Å²) >= 11 is 0. The first kappa shape index (κ1) is 18.8. The molecule has 0 bridgehead atoms. The van der Waals surface area contributed by atoms with Crippen molar-refractivity contribution >= 4 is 23.4 Å². The van der Waals surface area contributed by atoms with Crippen LogP contribution in [0.5, 0.6) is 0 Å². The first-order chi connectivity index (χ1) is 13.1. The summed E-state index contributed by atoms with van der Waals surface area (Å²) in [6, 6.07) is 4.09. The summed E-state index contributed by atoms with van der Waals surface area (Å²) in [4.78, 5) is 22.3. The number of halogens is 2. The highest BCUT2D eigenvalue weighted by molar-refractivity contribution is 5.89. The molecule has 1 aliphatic heterocycles. The highest BCUT2D eigenvalue weighted by Crippen LogP contribution is 2.15.